The van der Waals surface area contributed by atoms with E-state index in [1.165, 1.54) is 6.42 Å². The highest BCUT2D eigenvalue weighted by Gasteiger charge is 2.48. The predicted octanol–water partition coefficient (Wildman–Crippen LogP) is 1.57. The second-order valence-corrected chi connectivity index (χ2v) is 5.22. The molecule has 3 atom stereocenters. The summed E-state index contributed by atoms with van der Waals surface area (Å²) >= 11 is 0. The Hall–Kier alpha value is -1.68. The zero-order chi connectivity index (χ0) is 12.1. The van der Waals surface area contributed by atoms with Gasteiger partial charge in [0.15, 0.2) is 0 Å². The molecule has 0 unspecified atom stereocenters. The van der Waals surface area contributed by atoms with Gasteiger partial charge in [-0.05, 0) is 38.1 Å². The second-order valence-electron chi connectivity index (χ2n) is 5.22. The maximum absolute atomic E-state index is 4.77. The van der Waals surface area contributed by atoms with E-state index in [4.69, 9.17) is 4.98 Å². The Labute approximate surface area is 106 Å². The molecule has 0 radical (unpaired) electrons. The fourth-order valence-electron chi connectivity index (χ4n) is 3.37. The molecule has 4 nitrogen and oxygen atoms in total. The molecule has 0 spiro atoms. The second kappa shape index (κ2) is 3.65. The molecule has 0 bridgehead atoms. The SMILES string of the molecule is C[C@H]1[C@H]2NCC[C@H]2N1c1ccc2cnccc2n1. The van der Waals surface area contributed by atoms with E-state index in [0.29, 0.717) is 18.1 Å². The number of pyridine rings is 2. The van der Waals surface area contributed by atoms with Crippen molar-refractivity contribution in [3.8, 4) is 0 Å². The molecule has 0 aromatic carbocycles. The number of rotatable bonds is 1. The van der Waals surface area contributed by atoms with Crippen molar-refractivity contribution in [2.24, 2.45) is 0 Å². The summed E-state index contributed by atoms with van der Waals surface area (Å²) in [5.41, 5.74) is 1.03. The van der Waals surface area contributed by atoms with Crippen molar-refractivity contribution in [2.45, 2.75) is 31.5 Å². The molecule has 2 saturated heterocycles. The molecule has 0 amide bonds. The molecule has 92 valence electrons. The van der Waals surface area contributed by atoms with Gasteiger partial charge in [-0.25, -0.2) is 4.98 Å². The molecule has 0 aliphatic carbocycles. The highest BCUT2D eigenvalue weighted by Crippen LogP contribution is 2.36. The summed E-state index contributed by atoms with van der Waals surface area (Å²) in [6.45, 7) is 3.41. The van der Waals surface area contributed by atoms with E-state index in [0.717, 1.165) is 23.3 Å². The number of nitrogens with zero attached hydrogens (tertiary/aromatic N) is 3. The largest absolute Gasteiger partial charge is 0.348 e. The quantitative estimate of drug-likeness (QED) is 0.821. The van der Waals surface area contributed by atoms with Crippen LogP contribution < -0.4 is 10.2 Å². The summed E-state index contributed by atoms with van der Waals surface area (Å²) < 4.78 is 0. The lowest BCUT2D eigenvalue weighted by Gasteiger charge is -2.51. The van der Waals surface area contributed by atoms with Gasteiger partial charge in [-0.2, -0.15) is 0 Å². The molecule has 4 heteroatoms. The number of aromatic nitrogens is 2. The van der Waals surface area contributed by atoms with Crippen LogP contribution in [0, 0.1) is 0 Å². The van der Waals surface area contributed by atoms with Gasteiger partial charge < -0.3 is 10.2 Å². The molecule has 18 heavy (non-hydrogen) atoms. The van der Waals surface area contributed by atoms with Crippen molar-refractivity contribution in [1.29, 1.82) is 0 Å². The standard InChI is InChI=1S/C14H16N4/c1-9-14-12(5-7-16-14)18(9)13-3-2-10-8-15-6-4-11(10)17-13/h2-4,6,8-9,12,14,16H,5,7H2,1H3/t9-,12+,14+/m0/s1. The third-order valence-corrected chi connectivity index (χ3v) is 4.29. The third kappa shape index (κ3) is 1.29. The average molecular weight is 240 g/mol. The van der Waals surface area contributed by atoms with Gasteiger partial charge >= 0.3 is 0 Å². The molecule has 0 saturated carbocycles. The Bertz CT molecular complexity index is 597. The number of hydrogen-bond donors (Lipinski definition) is 1. The molecular weight excluding hydrogens is 224 g/mol. The van der Waals surface area contributed by atoms with Crippen LogP contribution in [-0.2, 0) is 0 Å². The summed E-state index contributed by atoms with van der Waals surface area (Å²) in [7, 11) is 0. The Morgan fingerprint density at radius 3 is 3.22 bits per heavy atom. The maximum atomic E-state index is 4.77. The first-order chi connectivity index (χ1) is 8.84. The van der Waals surface area contributed by atoms with Gasteiger partial charge in [-0.15, -0.1) is 0 Å². The zero-order valence-electron chi connectivity index (χ0n) is 10.4. The molecule has 4 rings (SSSR count). The Morgan fingerprint density at radius 2 is 2.28 bits per heavy atom. The lowest BCUT2D eigenvalue weighted by molar-refractivity contribution is 0.305. The third-order valence-electron chi connectivity index (χ3n) is 4.29. The van der Waals surface area contributed by atoms with Crippen LogP contribution in [-0.4, -0.2) is 34.6 Å². The summed E-state index contributed by atoms with van der Waals surface area (Å²) in [4.78, 5) is 11.3. The molecule has 1 N–H and O–H groups in total. The van der Waals surface area contributed by atoms with Gasteiger partial charge in [0.25, 0.3) is 0 Å². The highest BCUT2D eigenvalue weighted by atomic mass is 15.4. The van der Waals surface area contributed by atoms with E-state index in [9.17, 15) is 0 Å². The molecule has 2 aliphatic heterocycles. The number of anilines is 1. The van der Waals surface area contributed by atoms with Crippen molar-refractivity contribution in [3.63, 3.8) is 0 Å². The Morgan fingerprint density at radius 1 is 1.33 bits per heavy atom. The zero-order valence-corrected chi connectivity index (χ0v) is 10.4. The van der Waals surface area contributed by atoms with E-state index in [1.807, 2.05) is 12.3 Å². The summed E-state index contributed by atoms with van der Waals surface area (Å²) in [6, 6.07) is 8.05. The van der Waals surface area contributed by atoms with Crippen molar-refractivity contribution in [2.75, 3.05) is 11.4 Å². The van der Waals surface area contributed by atoms with Crippen LogP contribution in [0.5, 0.6) is 0 Å². The fraction of sp³-hybridized carbons (Fsp3) is 0.429. The van der Waals surface area contributed by atoms with Crippen LogP contribution in [0.4, 0.5) is 5.82 Å². The molecule has 2 fully saturated rings. The van der Waals surface area contributed by atoms with Crippen LogP contribution in [0.25, 0.3) is 10.9 Å². The first-order valence-corrected chi connectivity index (χ1v) is 6.57. The van der Waals surface area contributed by atoms with E-state index in [1.54, 1.807) is 6.20 Å². The van der Waals surface area contributed by atoms with Crippen molar-refractivity contribution in [3.05, 3.63) is 30.6 Å². The smallest absolute Gasteiger partial charge is 0.129 e. The Kier molecular flexibility index (Phi) is 2.08. The van der Waals surface area contributed by atoms with Crippen LogP contribution in [0.2, 0.25) is 0 Å². The minimum absolute atomic E-state index is 0.546. The summed E-state index contributed by atoms with van der Waals surface area (Å²) in [5, 5.41) is 4.67. The van der Waals surface area contributed by atoms with Crippen LogP contribution in [0.3, 0.4) is 0 Å². The van der Waals surface area contributed by atoms with Crippen LogP contribution >= 0.6 is 0 Å². The average Bonchev–Trinajstić information content (AvgIpc) is 2.82. The van der Waals surface area contributed by atoms with E-state index >= 15 is 0 Å². The van der Waals surface area contributed by atoms with Crippen molar-refractivity contribution >= 4 is 16.7 Å². The maximum Gasteiger partial charge on any atom is 0.129 e. The first-order valence-electron chi connectivity index (χ1n) is 6.57. The predicted molar refractivity (Wildman–Crippen MR) is 71.7 cm³/mol. The Balaban J connectivity index is 1.74. The molecule has 4 heterocycles. The molecule has 2 aliphatic rings. The summed E-state index contributed by atoms with van der Waals surface area (Å²) in [5.74, 6) is 1.10. The molecule has 2 aromatic heterocycles. The van der Waals surface area contributed by atoms with Crippen molar-refractivity contribution in [1.82, 2.24) is 15.3 Å². The van der Waals surface area contributed by atoms with Gasteiger partial charge in [-0.3, -0.25) is 4.98 Å². The lowest BCUT2D eigenvalue weighted by atomic mass is 9.89. The van der Waals surface area contributed by atoms with Gasteiger partial charge in [0.1, 0.15) is 5.82 Å². The normalized spacial score (nSPS) is 30.3. The van der Waals surface area contributed by atoms with Gasteiger partial charge in [0.05, 0.1) is 5.52 Å². The van der Waals surface area contributed by atoms with E-state index in [2.05, 4.69) is 34.3 Å². The minimum Gasteiger partial charge on any atom is -0.348 e. The van der Waals surface area contributed by atoms with Gasteiger partial charge in [0, 0.05) is 35.9 Å². The lowest BCUT2D eigenvalue weighted by Crippen LogP contribution is -2.67. The van der Waals surface area contributed by atoms with Gasteiger partial charge in [-0.1, -0.05) is 0 Å². The molecular formula is C14H16N4. The molecule has 2 aromatic rings. The van der Waals surface area contributed by atoms with Crippen molar-refractivity contribution < 1.29 is 0 Å². The highest BCUT2D eigenvalue weighted by molar-refractivity contribution is 5.79. The fourth-order valence-corrected chi connectivity index (χ4v) is 3.37. The summed E-state index contributed by atoms with van der Waals surface area (Å²) in [6.07, 6.45) is 4.90. The van der Waals surface area contributed by atoms with E-state index in [-0.39, 0.29) is 0 Å². The minimum atomic E-state index is 0.546. The van der Waals surface area contributed by atoms with E-state index < -0.39 is 0 Å². The number of fused-ring (bicyclic) bond motifs is 2. The monoisotopic (exact) mass is 240 g/mol. The van der Waals surface area contributed by atoms with Gasteiger partial charge in [0.2, 0.25) is 0 Å². The number of nitrogens with one attached hydrogen (secondary N) is 1. The number of hydrogen-bond acceptors (Lipinski definition) is 4. The van der Waals surface area contributed by atoms with Crippen LogP contribution in [0.1, 0.15) is 13.3 Å². The van der Waals surface area contributed by atoms with Crippen LogP contribution in [0.15, 0.2) is 30.6 Å². The first kappa shape index (κ1) is 10.3. The topological polar surface area (TPSA) is 41.0 Å².